The van der Waals surface area contributed by atoms with Gasteiger partial charge < -0.3 is 4.90 Å². The molecule has 5 heteroatoms. The third-order valence-corrected chi connectivity index (χ3v) is 5.56. The molecule has 25 heavy (non-hydrogen) atoms. The average Bonchev–Trinajstić information content (AvgIpc) is 2.90. The summed E-state index contributed by atoms with van der Waals surface area (Å²) in [5.74, 6) is -0.662. The minimum absolute atomic E-state index is 0.0132. The van der Waals surface area contributed by atoms with E-state index in [4.69, 9.17) is 0 Å². The zero-order chi connectivity index (χ0) is 17.4. The molecular weight excluding hydrogens is 316 g/mol. The van der Waals surface area contributed by atoms with Crippen molar-refractivity contribution >= 4 is 23.4 Å². The highest BCUT2D eigenvalue weighted by Crippen LogP contribution is 2.35. The molecule has 1 aromatic carbocycles. The van der Waals surface area contributed by atoms with Gasteiger partial charge in [-0.3, -0.25) is 19.3 Å². The molecular formula is C20H22N2O3. The molecule has 2 aliphatic heterocycles. The Bertz CT molecular complexity index is 729. The summed E-state index contributed by atoms with van der Waals surface area (Å²) in [6.07, 6.45) is 7.36. The van der Waals surface area contributed by atoms with Gasteiger partial charge >= 0.3 is 0 Å². The zero-order valence-corrected chi connectivity index (χ0v) is 14.2. The summed E-state index contributed by atoms with van der Waals surface area (Å²) in [7, 11) is 0. The van der Waals surface area contributed by atoms with Crippen LogP contribution in [0.2, 0.25) is 0 Å². The number of para-hydroxylation sites is 1. The number of carbonyl (C=O) groups excluding carboxylic acids is 3. The van der Waals surface area contributed by atoms with E-state index in [2.05, 4.69) is 6.07 Å². The van der Waals surface area contributed by atoms with Crippen molar-refractivity contribution in [1.29, 1.82) is 0 Å². The molecule has 0 unspecified atom stereocenters. The number of anilines is 1. The number of allylic oxidation sites excluding steroid dienone is 2. The van der Waals surface area contributed by atoms with Gasteiger partial charge in [0, 0.05) is 25.2 Å². The minimum atomic E-state index is -0.219. The maximum absolute atomic E-state index is 12.7. The fourth-order valence-corrected chi connectivity index (χ4v) is 4.22. The summed E-state index contributed by atoms with van der Waals surface area (Å²) >= 11 is 0. The van der Waals surface area contributed by atoms with Crippen LogP contribution in [0.3, 0.4) is 0 Å². The van der Waals surface area contributed by atoms with Crippen molar-refractivity contribution in [2.24, 2.45) is 11.8 Å². The van der Waals surface area contributed by atoms with Crippen LogP contribution in [0.25, 0.3) is 0 Å². The lowest BCUT2D eigenvalue weighted by atomic mass is 9.85. The smallest absolute Gasteiger partial charge is 0.233 e. The zero-order valence-electron chi connectivity index (χ0n) is 14.2. The van der Waals surface area contributed by atoms with Crippen molar-refractivity contribution in [3.8, 4) is 0 Å². The molecule has 2 atom stereocenters. The van der Waals surface area contributed by atoms with E-state index < -0.39 is 0 Å². The summed E-state index contributed by atoms with van der Waals surface area (Å²) in [4.78, 5) is 40.8. The Kier molecular flexibility index (Phi) is 4.15. The van der Waals surface area contributed by atoms with Crippen LogP contribution in [0.5, 0.6) is 0 Å². The van der Waals surface area contributed by atoms with E-state index in [-0.39, 0.29) is 42.5 Å². The van der Waals surface area contributed by atoms with Gasteiger partial charge in [0.15, 0.2) is 0 Å². The van der Waals surface area contributed by atoms with E-state index in [1.54, 1.807) is 4.90 Å². The Morgan fingerprint density at radius 1 is 1.04 bits per heavy atom. The number of nitrogens with zero attached hydrogens (tertiary/aromatic N) is 2. The second-order valence-corrected chi connectivity index (χ2v) is 7.01. The lowest BCUT2D eigenvalue weighted by Gasteiger charge is -2.30. The Morgan fingerprint density at radius 3 is 2.44 bits per heavy atom. The van der Waals surface area contributed by atoms with Crippen molar-refractivity contribution in [3.05, 3.63) is 42.0 Å². The van der Waals surface area contributed by atoms with Crippen molar-refractivity contribution in [2.45, 2.75) is 32.1 Å². The van der Waals surface area contributed by atoms with Gasteiger partial charge in [0.2, 0.25) is 17.7 Å². The summed E-state index contributed by atoms with van der Waals surface area (Å²) in [6.45, 7) is 0.898. The molecule has 0 spiro atoms. The number of imide groups is 1. The van der Waals surface area contributed by atoms with E-state index in [9.17, 15) is 14.4 Å². The molecule has 1 aromatic rings. The Hall–Kier alpha value is -2.43. The van der Waals surface area contributed by atoms with Crippen molar-refractivity contribution in [3.63, 3.8) is 0 Å². The van der Waals surface area contributed by atoms with Crippen LogP contribution in [0.15, 0.2) is 36.4 Å². The molecule has 0 N–H and O–H groups in total. The first-order valence-corrected chi connectivity index (χ1v) is 9.05. The predicted molar refractivity (Wildman–Crippen MR) is 93.8 cm³/mol. The molecule has 1 aliphatic carbocycles. The van der Waals surface area contributed by atoms with Gasteiger partial charge in [-0.25, -0.2) is 0 Å². The van der Waals surface area contributed by atoms with Crippen molar-refractivity contribution in [2.75, 3.05) is 18.0 Å². The van der Waals surface area contributed by atoms with Gasteiger partial charge in [-0.1, -0.05) is 30.4 Å². The quantitative estimate of drug-likeness (QED) is 0.628. The van der Waals surface area contributed by atoms with Crippen molar-refractivity contribution in [1.82, 2.24) is 4.90 Å². The van der Waals surface area contributed by atoms with Crippen LogP contribution in [-0.4, -0.2) is 35.7 Å². The van der Waals surface area contributed by atoms with Crippen LogP contribution in [0.4, 0.5) is 5.69 Å². The van der Waals surface area contributed by atoms with Crippen LogP contribution < -0.4 is 4.90 Å². The van der Waals surface area contributed by atoms with E-state index in [1.165, 1.54) is 10.5 Å². The first-order valence-electron chi connectivity index (χ1n) is 9.05. The highest BCUT2D eigenvalue weighted by molar-refractivity contribution is 6.06. The summed E-state index contributed by atoms with van der Waals surface area (Å²) in [5.41, 5.74) is 2.16. The van der Waals surface area contributed by atoms with E-state index in [0.29, 0.717) is 19.4 Å². The number of hydrogen-bond acceptors (Lipinski definition) is 3. The molecule has 0 aromatic heterocycles. The molecule has 4 rings (SSSR count). The van der Waals surface area contributed by atoms with Gasteiger partial charge in [0.1, 0.15) is 0 Å². The number of likely N-dealkylation sites (tertiary alicyclic amines) is 1. The maximum atomic E-state index is 12.7. The Labute approximate surface area is 147 Å². The third kappa shape index (κ3) is 2.77. The number of aryl methyl sites for hydroxylation is 1. The molecule has 5 nitrogen and oxygen atoms in total. The average molecular weight is 338 g/mol. The molecule has 0 saturated carbocycles. The van der Waals surface area contributed by atoms with Crippen LogP contribution in [-0.2, 0) is 20.8 Å². The molecule has 1 saturated heterocycles. The highest BCUT2D eigenvalue weighted by atomic mass is 16.2. The predicted octanol–water partition coefficient (Wildman–Crippen LogP) is 2.31. The van der Waals surface area contributed by atoms with Gasteiger partial charge in [-0.05, 0) is 37.3 Å². The second-order valence-electron chi connectivity index (χ2n) is 7.01. The molecule has 2 heterocycles. The van der Waals surface area contributed by atoms with Gasteiger partial charge in [-0.2, -0.15) is 0 Å². The lowest BCUT2D eigenvalue weighted by Crippen LogP contribution is -2.39. The van der Waals surface area contributed by atoms with Crippen molar-refractivity contribution < 1.29 is 14.4 Å². The van der Waals surface area contributed by atoms with Crippen LogP contribution in [0.1, 0.15) is 31.2 Å². The largest absolute Gasteiger partial charge is 0.312 e. The standard InChI is InChI=1S/C20H22N2O3/c23-18(21-12-5-7-14-6-1-4-10-17(14)21)11-13-22-19(24)15-8-2-3-9-16(15)20(22)25/h1-4,6,10,15-16H,5,7-9,11-13H2/t15-,16+. The number of hydrogen-bond donors (Lipinski definition) is 0. The second kappa shape index (κ2) is 6.47. The van der Waals surface area contributed by atoms with Gasteiger partial charge in [-0.15, -0.1) is 0 Å². The summed E-state index contributed by atoms with van der Waals surface area (Å²) < 4.78 is 0. The van der Waals surface area contributed by atoms with Gasteiger partial charge in [0.05, 0.1) is 11.8 Å². The maximum Gasteiger partial charge on any atom is 0.233 e. The van der Waals surface area contributed by atoms with E-state index in [0.717, 1.165) is 18.5 Å². The number of carbonyl (C=O) groups is 3. The number of benzene rings is 1. The number of amides is 3. The fourth-order valence-electron chi connectivity index (χ4n) is 4.22. The van der Waals surface area contributed by atoms with E-state index >= 15 is 0 Å². The van der Waals surface area contributed by atoms with E-state index in [1.807, 2.05) is 30.4 Å². The number of fused-ring (bicyclic) bond motifs is 2. The third-order valence-electron chi connectivity index (χ3n) is 5.56. The molecule has 3 aliphatic rings. The first kappa shape index (κ1) is 16.1. The van der Waals surface area contributed by atoms with Crippen LogP contribution in [0, 0.1) is 11.8 Å². The highest BCUT2D eigenvalue weighted by Gasteiger charge is 2.47. The summed E-state index contributed by atoms with van der Waals surface area (Å²) in [6, 6.07) is 7.96. The number of rotatable bonds is 3. The molecule has 0 bridgehead atoms. The normalized spacial score (nSPS) is 25.1. The molecule has 1 fully saturated rings. The minimum Gasteiger partial charge on any atom is -0.312 e. The molecule has 0 radical (unpaired) electrons. The molecule has 3 amide bonds. The Balaban J connectivity index is 1.43. The SMILES string of the molecule is O=C1[C@H]2CC=CC[C@H]2C(=O)N1CCC(=O)N1CCCc2ccccc21. The summed E-state index contributed by atoms with van der Waals surface area (Å²) in [5, 5.41) is 0. The first-order chi connectivity index (χ1) is 12.2. The van der Waals surface area contributed by atoms with Crippen LogP contribution >= 0.6 is 0 Å². The topological polar surface area (TPSA) is 57.7 Å². The lowest BCUT2D eigenvalue weighted by molar-refractivity contribution is -0.140. The fraction of sp³-hybridized carbons (Fsp3) is 0.450. The van der Waals surface area contributed by atoms with Gasteiger partial charge in [0.25, 0.3) is 0 Å². The molecule has 130 valence electrons. The monoisotopic (exact) mass is 338 g/mol. The Morgan fingerprint density at radius 2 is 1.72 bits per heavy atom.